The molecule has 0 radical (unpaired) electrons. The molecule has 33 heavy (non-hydrogen) atoms. The zero-order chi connectivity index (χ0) is 24.0. The monoisotopic (exact) mass is 482 g/mol. The summed E-state index contributed by atoms with van der Waals surface area (Å²) in [6.07, 6.45) is 7.28. The van der Waals surface area contributed by atoms with Gasteiger partial charge in [-0.1, -0.05) is 18.9 Å². The zero-order valence-electron chi connectivity index (χ0n) is 20.0. The Balaban J connectivity index is 1.61. The summed E-state index contributed by atoms with van der Waals surface area (Å²) in [4.78, 5) is 11.6. The molecule has 2 N–H and O–H groups in total. The van der Waals surface area contributed by atoms with Crippen LogP contribution < -0.4 is 10.1 Å². The summed E-state index contributed by atoms with van der Waals surface area (Å²) in [5.41, 5.74) is 0.886. The van der Waals surface area contributed by atoms with E-state index in [0.29, 0.717) is 24.6 Å². The fraction of sp³-hybridized carbons (Fsp3) is 0.708. The van der Waals surface area contributed by atoms with Gasteiger partial charge in [-0.05, 0) is 76.6 Å². The van der Waals surface area contributed by atoms with Crippen LogP contribution in [0, 0.1) is 6.92 Å². The SMILES string of the molecule is CO[C@H]1CCCC[C@H]1NCCC[C@@H](C)Oc1cc(C)ccc1S(=O)(=O)N1CCC[C@H]1C(=O)O. The van der Waals surface area contributed by atoms with Gasteiger partial charge in [0.2, 0.25) is 10.0 Å². The molecule has 1 heterocycles. The molecule has 1 aromatic carbocycles. The van der Waals surface area contributed by atoms with Crippen LogP contribution in [0.25, 0.3) is 0 Å². The molecule has 8 nitrogen and oxygen atoms in total. The molecule has 1 aliphatic carbocycles. The van der Waals surface area contributed by atoms with Gasteiger partial charge in [-0.2, -0.15) is 4.31 Å². The third kappa shape index (κ3) is 6.47. The van der Waals surface area contributed by atoms with E-state index in [-0.39, 0.29) is 23.6 Å². The van der Waals surface area contributed by atoms with Crippen LogP contribution in [0.1, 0.15) is 63.9 Å². The molecule has 2 fully saturated rings. The van der Waals surface area contributed by atoms with Gasteiger partial charge in [0.15, 0.2) is 0 Å². The Bertz CT molecular complexity index is 906. The fourth-order valence-electron chi connectivity index (χ4n) is 4.89. The van der Waals surface area contributed by atoms with Gasteiger partial charge < -0.3 is 19.9 Å². The lowest BCUT2D eigenvalue weighted by Crippen LogP contribution is -2.43. The van der Waals surface area contributed by atoms with Crippen LogP contribution in [-0.4, -0.2) is 68.3 Å². The van der Waals surface area contributed by atoms with E-state index in [2.05, 4.69) is 5.32 Å². The van der Waals surface area contributed by atoms with Gasteiger partial charge in [0.05, 0.1) is 12.2 Å². The maximum atomic E-state index is 13.3. The molecule has 0 unspecified atom stereocenters. The van der Waals surface area contributed by atoms with Crippen LogP contribution in [0.15, 0.2) is 23.1 Å². The standard InChI is InChI=1S/C24H38N2O6S/c1-17-12-13-23(33(29,30)26-15-7-10-20(26)24(27)28)22(16-17)32-18(2)8-6-14-25-19-9-4-5-11-21(19)31-3/h12-13,16,18-21,25H,4-11,14-15H2,1-3H3,(H,27,28)/t18-,19-,20+,21+/m1/s1. The van der Waals surface area contributed by atoms with Crippen molar-refractivity contribution in [1.29, 1.82) is 0 Å². The van der Waals surface area contributed by atoms with Crippen molar-refractivity contribution in [3.05, 3.63) is 23.8 Å². The predicted molar refractivity (Wildman–Crippen MR) is 126 cm³/mol. The van der Waals surface area contributed by atoms with Gasteiger partial charge >= 0.3 is 5.97 Å². The van der Waals surface area contributed by atoms with Crippen molar-refractivity contribution in [2.75, 3.05) is 20.2 Å². The van der Waals surface area contributed by atoms with Crippen molar-refractivity contribution in [2.45, 2.75) is 94.4 Å². The average molecular weight is 483 g/mol. The first-order valence-electron chi connectivity index (χ1n) is 12.0. The maximum Gasteiger partial charge on any atom is 0.322 e. The molecule has 0 bridgehead atoms. The third-order valence-electron chi connectivity index (χ3n) is 6.70. The summed E-state index contributed by atoms with van der Waals surface area (Å²) in [5.74, 6) is -0.821. The van der Waals surface area contributed by atoms with E-state index < -0.39 is 22.0 Å². The van der Waals surface area contributed by atoms with E-state index >= 15 is 0 Å². The van der Waals surface area contributed by atoms with Crippen molar-refractivity contribution in [3.63, 3.8) is 0 Å². The number of carboxylic acids is 1. The maximum absolute atomic E-state index is 13.3. The summed E-state index contributed by atoms with van der Waals surface area (Å²) in [5, 5.41) is 13.0. The minimum absolute atomic E-state index is 0.0383. The number of rotatable bonds is 11. The molecule has 2 aliphatic rings. The summed E-state index contributed by atoms with van der Waals surface area (Å²) >= 11 is 0. The molecule has 1 aromatic rings. The van der Waals surface area contributed by atoms with Crippen LogP contribution in [-0.2, 0) is 19.6 Å². The summed E-state index contributed by atoms with van der Waals surface area (Å²) in [6.45, 7) is 4.88. The number of aryl methyl sites for hydroxylation is 1. The van der Waals surface area contributed by atoms with E-state index in [1.165, 1.54) is 18.9 Å². The number of nitrogens with zero attached hydrogens (tertiary/aromatic N) is 1. The summed E-state index contributed by atoms with van der Waals surface area (Å²) < 4.78 is 39.4. The second-order valence-electron chi connectivity index (χ2n) is 9.25. The molecule has 1 aliphatic heterocycles. The van der Waals surface area contributed by atoms with Crippen molar-refractivity contribution in [3.8, 4) is 5.75 Å². The summed E-state index contributed by atoms with van der Waals surface area (Å²) in [7, 11) is -2.20. The van der Waals surface area contributed by atoms with Crippen LogP contribution >= 0.6 is 0 Å². The second-order valence-corrected chi connectivity index (χ2v) is 11.1. The first-order chi connectivity index (χ1) is 15.7. The molecule has 1 saturated carbocycles. The van der Waals surface area contributed by atoms with Crippen molar-refractivity contribution in [2.24, 2.45) is 0 Å². The van der Waals surface area contributed by atoms with E-state index in [9.17, 15) is 18.3 Å². The van der Waals surface area contributed by atoms with Gasteiger partial charge in [0.25, 0.3) is 0 Å². The van der Waals surface area contributed by atoms with Crippen molar-refractivity contribution in [1.82, 2.24) is 9.62 Å². The normalized spacial score (nSPS) is 25.1. The highest BCUT2D eigenvalue weighted by atomic mass is 32.2. The minimum Gasteiger partial charge on any atom is -0.489 e. The number of benzene rings is 1. The number of carbonyl (C=O) groups is 1. The van der Waals surface area contributed by atoms with E-state index in [1.807, 2.05) is 13.8 Å². The molecule has 3 rings (SSSR count). The van der Waals surface area contributed by atoms with Gasteiger partial charge in [-0.3, -0.25) is 4.79 Å². The van der Waals surface area contributed by atoms with Crippen LogP contribution in [0.3, 0.4) is 0 Å². The topological polar surface area (TPSA) is 105 Å². The Kier molecular flexibility index (Phi) is 9.15. The highest BCUT2D eigenvalue weighted by Gasteiger charge is 2.40. The number of hydrogen-bond acceptors (Lipinski definition) is 6. The zero-order valence-corrected chi connectivity index (χ0v) is 20.8. The average Bonchev–Trinajstić information content (AvgIpc) is 3.28. The second kappa shape index (κ2) is 11.6. The first kappa shape index (κ1) is 25.9. The number of sulfonamides is 1. The Morgan fingerprint density at radius 1 is 1.24 bits per heavy atom. The Labute approximate surface area is 197 Å². The smallest absolute Gasteiger partial charge is 0.322 e. The van der Waals surface area contributed by atoms with E-state index in [1.54, 1.807) is 19.2 Å². The highest BCUT2D eigenvalue weighted by molar-refractivity contribution is 7.89. The number of carboxylic acid groups (broad SMARTS) is 1. The Hall–Kier alpha value is -1.68. The number of nitrogens with one attached hydrogen (secondary N) is 1. The number of aliphatic carboxylic acids is 1. The largest absolute Gasteiger partial charge is 0.489 e. The minimum atomic E-state index is -3.97. The van der Waals surface area contributed by atoms with Crippen molar-refractivity contribution < 1.29 is 27.8 Å². The predicted octanol–water partition coefficient (Wildman–Crippen LogP) is 3.33. The highest BCUT2D eigenvalue weighted by Crippen LogP contribution is 2.33. The van der Waals surface area contributed by atoms with Gasteiger partial charge in [-0.15, -0.1) is 0 Å². The third-order valence-corrected chi connectivity index (χ3v) is 8.65. The molecule has 0 aromatic heterocycles. The lowest BCUT2D eigenvalue weighted by atomic mass is 9.92. The number of methoxy groups -OCH3 is 1. The Morgan fingerprint density at radius 2 is 2.00 bits per heavy atom. The Morgan fingerprint density at radius 3 is 2.73 bits per heavy atom. The molecule has 0 spiro atoms. The summed E-state index contributed by atoms with van der Waals surface area (Å²) in [6, 6.07) is 4.33. The van der Waals surface area contributed by atoms with Crippen LogP contribution in [0.5, 0.6) is 5.75 Å². The van der Waals surface area contributed by atoms with Gasteiger partial charge in [0.1, 0.15) is 16.7 Å². The number of hydrogen-bond donors (Lipinski definition) is 2. The molecule has 9 heteroatoms. The van der Waals surface area contributed by atoms with Crippen LogP contribution in [0.2, 0.25) is 0 Å². The quantitative estimate of drug-likeness (QED) is 0.466. The van der Waals surface area contributed by atoms with E-state index in [4.69, 9.17) is 9.47 Å². The molecular weight excluding hydrogens is 444 g/mol. The lowest BCUT2D eigenvalue weighted by molar-refractivity contribution is -0.140. The number of ether oxygens (including phenoxy) is 2. The molecule has 1 saturated heterocycles. The lowest BCUT2D eigenvalue weighted by Gasteiger charge is -2.31. The first-order valence-corrected chi connectivity index (χ1v) is 13.5. The molecule has 0 amide bonds. The fourth-order valence-corrected chi connectivity index (χ4v) is 6.64. The van der Waals surface area contributed by atoms with Gasteiger partial charge in [0, 0.05) is 19.7 Å². The molecule has 186 valence electrons. The van der Waals surface area contributed by atoms with Gasteiger partial charge in [-0.25, -0.2) is 8.42 Å². The molecule has 4 atom stereocenters. The molecular formula is C24H38N2O6S. The van der Waals surface area contributed by atoms with Crippen LogP contribution in [0.4, 0.5) is 0 Å². The van der Waals surface area contributed by atoms with E-state index in [0.717, 1.165) is 42.1 Å². The van der Waals surface area contributed by atoms with Crippen molar-refractivity contribution >= 4 is 16.0 Å².